The van der Waals surface area contributed by atoms with Gasteiger partial charge in [0.25, 0.3) is 0 Å². The van der Waals surface area contributed by atoms with Gasteiger partial charge in [0, 0.05) is 5.92 Å². The molecule has 1 saturated heterocycles. The summed E-state index contributed by atoms with van der Waals surface area (Å²) in [5.74, 6) is -0.213. The first kappa shape index (κ1) is 13.5. The van der Waals surface area contributed by atoms with Crippen molar-refractivity contribution >= 4 is 0 Å². The van der Waals surface area contributed by atoms with Gasteiger partial charge in [-0.25, -0.2) is 0 Å². The fourth-order valence-corrected chi connectivity index (χ4v) is 2.25. The van der Waals surface area contributed by atoms with Gasteiger partial charge in [-0.1, -0.05) is 37.3 Å². The van der Waals surface area contributed by atoms with Gasteiger partial charge < -0.3 is 19.7 Å². The average molecular weight is 252 g/mol. The predicted molar refractivity (Wildman–Crippen MR) is 66.8 cm³/mol. The highest BCUT2D eigenvalue weighted by atomic mass is 16.6. The zero-order valence-corrected chi connectivity index (χ0v) is 10.5. The Morgan fingerprint density at radius 1 is 1.22 bits per heavy atom. The lowest BCUT2D eigenvalue weighted by molar-refractivity contribution is -0.125. The molecule has 0 aliphatic carbocycles. The summed E-state index contributed by atoms with van der Waals surface area (Å²) in [6.07, 6.45) is -1.28. The molecule has 1 aromatic rings. The Morgan fingerprint density at radius 3 is 2.56 bits per heavy atom. The summed E-state index contributed by atoms with van der Waals surface area (Å²) in [6.45, 7) is 2.71. The third-order valence-electron chi connectivity index (χ3n) is 3.37. The monoisotopic (exact) mass is 252 g/mol. The highest BCUT2D eigenvalue weighted by molar-refractivity contribution is 5.13. The Balaban J connectivity index is 1.78. The third kappa shape index (κ3) is 3.09. The molecule has 0 spiro atoms. The minimum Gasteiger partial charge on any atom is -0.390 e. The van der Waals surface area contributed by atoms with Crippen molar-refractivity contribution in [2.75, 3.05) is 6.61 Å². The van der Waals surface area contributed by atoms with Crippen LogP contribution in [-0.2, 0) is 16.1 Å². The normalized spacial score (nSPS) is 31.7. The van der Waals surface area contributed by atoms with Crippen molar-refractivity contribution in [3.05, 3.63) is 35.9 Å². The summed E-state index contributed by atoms with van der Waals surface area (Å²) in [5, 5.41) is 19.6. The van der Waals surface area contributed by atoms with Crippen molar-refractivity contribution < 1.29 is 19.7 Å². The van der Waals surface area contributed by atoms with Gasteiger partial charge in [-0.3, -0.25) is 0 Å². The summed E-state index contributed by atoms with van der Waals surface area (Å²) in [5.41, 5.74) is 1.08. The Morgan fingerprint density at radius 2 is 1.94 bits per heavy atom. The van der Waals surface area contributed by atoms with Crippen molar-refractivity contribution in [1.29, 1.82) is 0 Å². The molecule has 2 N–H and O–H groups in total. The van der Waals surface area contributed by atoms with Crippen molar-refractivity contribution in [3.8, 4) is 0 Å². The van der Waals surface area contributed by atoms with Crippen LogP contribution in [0.15, 0.2) is 30.3 Å². The second-order valence-electron chi connectivity index (χ2n) is 4.63. The van der Waals surface area contributed by atoms with Crippen LogP contribution in [0.2, 0.25) is 0 Å². The van der Waals surface area contributed by atoms with Gasteiger partial charge >= 0.3 is 0 Å². The van der Waals surface area contributed by atoms with E-state index in [9.17, 15) is 10.2 Å². The Hall–Kier alpha value is -0.940. The highest BCUT2D eigenvalue weighted by Crippen LogP contribution is 2.28. The van der Waals surface area contributed by atoms with Gasteiger partial charge in [0.2, 0.25) is 0 Å². The van der Waals surface area contributed by atoms with Crippen LogP contribution in [0.4, 0.5) is 0 Å². The molecule has 1 aliphatic heterocycles. The molecule has 4 atom stereocenters. The topological polar surface area (TPSA) is 58.9 Å². The van der Waals surface area contributed by atoms with Gasteiger partial charge in [0.15, 0.2) is 6.29 Å². The molecule has 100 valence electrons. The second-order valence-corrected chi connectivity index (χ2v) is 4.63. The summed E-state index contributed by atoms with van der Waals surface area (Å²) < 4.78 is 10.8. The Kier molecular flexibility index (Phi) is 4.72. The first-order valence-electron chi connectivity index (χ1n) is 6.35. The summed E-state index contributed by atoms with van der Waals surface area (Å²) in [7, 11) is 0. The number of hydrogen-bond donors (Lipinski definition) is 2. The maximum absolute atomic E-state index is 9.95. The molecular formula is C14H20O4. The van der Waals surface area contributed by atoms with Crippen molar-refractivity contribution in [1.82, 2.24) is 0 Å². The molecule has 0 saturated carbocycles. The van der Waals surface area contributed by atoms with Gasteiger partial charge in [0.1, 0.15) is 6.10 Å². The van der Waals surface area contributed by atoms with E-state index in [0.29, 0.717) is 19.6 Å². The smallest absolute Gasteiger partial charge is 0.160 e. The van der Waals surface area contributed by atoms with E-state index in [1.54, 1.807) is 0 Å². The minimum atomic E-state index is -0.879. The molecular weight excluding hydrogens is 232 g/mol. The van der Waals surface area contributed by atoms with E-state index in [1.165, 1.54) is 0 Å². The standard InChI is InChI=1S/C14H20O4/c1-2-11-13(15)12(18-14(11)16)9-17-8-10-6-4-3-5-7-10/h3-7,11-16H,2,8-9H2,1H3/t11-,12+,13-,14-/m0/s1. The number of ether oxygens (including phenoxy) is 2. The van der Waals surface area contributed by atoms with Gasteiger partial charge in [-0.15, -0.1) is 0 Å². The van der Waals surface area contributed by atoms with Crippen LogP contribution in [0, 0.1) is 5.92 Å². The molecule has 0 bridgehead atoms. The lowest BCUT2D eigenvalue weighted by Crippen LogP contribution is -2.30. The zero-order chi connectivity index (χ0) is 13.0. The quantitative estimate of drug-likeness (QED) is 0.829. The third-order valence-corrected chi connectivity index (χ3v) is 3.37. The molecule has 2 rings (SSSR count). The van der Waals surface area contributed by atoms with Gasteiger partial charge in [-0.2, -0.15) is 0 Å². The number of hydrogen-bond acceptors (Lipinski definition) is 4. The van der Waals surface area contributed by atoms with E-state index in [1.807, 2.05) is 37.3 Å². The van der Waals surface area contributed by atoms with Crippen molar-refractivity contribution in [2.45, 2.75) is 38.4 Å². The van der Waals surface area contributed by atoms with Crippen LogP contribution >= 0.6 is 0 Å². The Labute approximate surface area is 107 Å². The second kappa shape index (κ2) is 6.29. The predicted octanol–water partition coefficient (Wildman–Crippen LogP) is 1.31. The van der Waals surface area contributed by atoms with Crippen LogP contribution < -0.4 is 0 Å². The Bertz CT molecular complexity index is 354. The molecule has 0 amide bonds. The minimum absolute atomic E-state index is 0.213. The molecule has 4 heteroatoms. The van der Waals surface area contributed by atoms with Gasteiger partial charge in [0.05, 0.1) is 19.3 Å². The number of aliphatic hydroxyl groups is 2. The zero-order valence-electron chi connectivity index (χ0n) is 10.5. The van der Waals surface area contributed by atoms with Crippen LogP contribution in [0.1, 0.15) is 18.9 Å². The lowest BCUT2D eigenvalue weighted by Gasteiger charge is -2.16. The van der Waals surface area contributed by atoms with Gasteiger partial charge in [-0.05, 0) is 12.0 Å². The first-order chi connectivity index (χ1) is 8.72. The molecule has 1 fully saturated rings. The van der Waals surface area contributed by atoms with E-state index in [-0.39, 0.29) is 5.92 Å². The highest BCUT2D eigenvalue weighted by Gasteiger charge is 2.41. The SMILES string of the molecule is CC[C@H]1[C@H](O)[C@@H](COCc2ccccc2)O[C@@H]1O. The van der Waals surface area contributed by atoms with Crippen LogP contribution in [0.25, 0.3) is 0 Å². The molecule has 4 nitrogen and oxygen atoms in total. The van der Waals surface area contributed by atoms with Crippen LogP contribution in [0.5, 0.6) is 0 Å². The molecule has 0 radical (unpaired) electrons. The number of benzene rings is 1. The summed E-state index contributed by atoms with van der Waals surface area (Å²) >= 11 is 0. The average Bonchev–Trinajstić information content (AvgIpc) is 2.65. The van der Waals surface area contributed by atoms with E-state index in [4.69, 9.17) is 9.47 Å². The molecule has 0 aromatic heterocycles. The lowest BCUT2D eigenvalue weighted by atomic mass is 9.98. The largest absolute Gasteiger partial charge is 0.390 e. The molecule has 1 aromatic carbocycles. The van der Waals surface area contributed by atoms with E-state index in [2.05, 4.69) is 0 Å². The van der Waals surface area contributed by atoms with E-state index < -0.39 is 18.5 Å². The van der Waals surface area contributed by atoms with Crippen molar-refractivity contribution in [2.24, 2.45) is 5.92 Å². The first-order valence-corrected chi connectivity index (χ1v) is 6.35. The summed E-state index contributed by atoms with van der Waals surface area (Å²) in [4.78, 5) is 0. The fraction of sp³-hybridized carbons (Fsp3) is 0.571. The summed E-state index contributed by atoms with van der Waals surface area (Å²) in [6, 6.07) is 9.83. The van der Waals surface area contributed by atoms with Crippen molar-refractivity contribution in [3.63, 3.8) is 0 Å². The molecule has 18 heavy (non-hydrogen) atoms. The molecule has 1 aliphatic rings. The maximum Gasteiger partial charge on any atom is 0.160 e. The molecule has 1 heterocycles. The van der Waals surface area contributed by atoms with Crippen LogP contribution in [0.3, 0.4) is 0 Å². The molecule has 0 unspecified atom stereocenters. The fourth-order valence-electron chi connectivity index (χ4n) is 2.25. The van der Waals surface area contributed by atoms with E-state index >= 15 is 0 Å². The number of rotatable bonds is 5. The maximum atomic E-state index is 9.95. The number of aliphatic hydroxyl groups excluding tert-OH is 2. The van der Waals surface area contributed by atoms with E-state index in [0.717, 1.165) is 5.56 Å². The van der Waals surface area contributed by atoms with Crippen LogP contribution in [-0.4, -0.2) is 35.3 Å².